The quantitative estimate of drug-likeness (QED) is 0.711. The van der Waals surface area contributed by atoms with Gasteiger partial charge in [-0.05, 0) is 24.3 Å². The second-order valence-electron chi connectivity index (χ2n) is 4.78. The molecule has 3 rings (SSSR count). The minimum Gasteiger partial charge on any atom is -0.398 e. The van der Waals surface area contributed by atoms with Crippen molar-refractivity contribution in [3.63, 3.8) is 0 Å². The van der Waals surface area contributed by atoms with Crippen molar-refractivity contribution in [1.29, 1.82) is 0 Å². The number of nitrogens with one attached hydrogen (secondary N) is 1. The lowest BCUT2D eigenvalue weighted by molar-refractivity contribution is 0.742. The Morgan fingerprint density at radius 3 is 2.90 bits per heavy atom. The number of pyridine rings is 1. The number of aryl methyl sites for hydroxylation is 1. The smallest absolute Gasteiger partial charge is 0.0642 e. The zero-order chi connectivity index (χ0) is 13.9. The molecule has 5 nitrogen and oxygen atoms in total. The maximum atomic E-state index is 5.98. The summed E-state index contributed by atoms with van der Waals surface area (Å²) >= 11 is 0. The van der Waals surface area contributed by atoms with Crippen LogP contribution in [0.4, 0.5) is 11.4 Å². The Kier molecular flexibility index (Phi) is 3.25. The van der Waals surface area contributed by atoms with Gasteiger partial charge in [-0.15, -0.1) is 0 Å². The Morgan fingerprint density at radius 1 is 1.20 bits per heavy atom. The molecule has 0 atom stereocenters. The molecule has 0 aliphatic heterocycles. The molecule has 2 heterocycles. The molecule has 0 spiro atoms. The Bertz CT molecular complexity index is 732. The molecule has 0 saturated heterocycles. The van der Waals surface area contributed by atoms with Crippen LogP contribution >= 0.6 is 0 Å². The number of nitrogens with zero attached hydrogens (tertiary/aromatic N) is 3. The van der Waals surface area contributed by atoms with Gasteiger partial charge >= 0.3 is 0 Å². The normalized spacial score (nSPS) is 10.8. The summed E-state index contributed by atoms with van der Waals surface area (Å²) in [6.45, 7) is 0.824. The number of aromatic nitrogens is 3. The fraction of sp³-hybridized carbons (Fsp3) is 0.200. The van der Waals surface area contributed by atoms with Crippen LogP contribution in [0.3, 0.4) is 0 Å². The molecule has 2 aromatic heterocycles. The monoisotopic (exact) mass is 267 g/mol. The van der Waals surface area contributed by atoms with Gasteiger partial charge in [-0.25, -0.2) is 0 Å². The van der Waals surface area contributed by atoms with Crippen molar-refractivity contribution < 1.29 is 0 Å². The molecule has 102 valence electrons. The lowest BCUT2D eigenvalue weighted by Gasteiger charge is -2.10. The maximum absolute atomic E-state index is 5.98. The van der Waals surface area contributed by atoms with Crippen LogP contribution in [-0.2, 0) is 13.5 Å². The third kappa shape index (κ3) is 2.42. The molecule has 0 fully saturated rings. The van der Waals surface area contributed by atoms with Gasteiger partial charge in [-0.3, -0.25) is 9.67 Å². The van der Waals surface area contributed by atoms with Crippen LogP contribution < -0.4 is 11.1 Å². The van der Waals surface area contributed by atoms with Gasteiger partial charge in [-0.2, -0.15) is 5.10 Å². The first-order valence-corrected chi connectivity index (χ1v) is 6.58. The van der Waals surface area contributed by atoms with Gasteiger partial charge in [0.05, 0.1) is 5.69 Å². The first kappa shape index (κ1) is 12.5. The lowest BCUT2D eigenvalue weighted by Crippen LogP contribution is -2.06. The van der Waals surface area contributed by atoms with Gasteiger partial charge in [0, 0.05) is 60.8 Å². The summed E-state index contributed by atoms with van der Waals surface area (Å²) in [5.41, 5.74) is 8.89. The summed E-state index contributed by atoms with van der Waals surface area (Å²) in [4.78, 5) is 4.17. The average molecular weight is 267 g/mol. The summed E-state index contributed by atoms with van der Waals surface area (Å²) < 4.78 is 1.82. The topological polar surface area (TPSA) is 68.8 Å². The molecule has 0 unspecified atom stereocenters. The van der Waals surface area contributed by atoms with Crippen LogP contribution in [-0.4, -0.2) is 21.3 Å². The molecule has 5 heteroatoms. The molecular formula is C15H17N5. The van der Waals surface area contributed by atoms with Crippen molar-refractivity contribution >= 4 is 22.1 Å². The molecule has 0 radical (unpaired) electrons. The number of nitrogens with two attached hydrogens (primary N) is 1. The van der Waals surface area contributed by atoms with E-state index in [-0.39, 0.29) is 0 Å². The summed E-state index contributed by atoms with van der Waals surface area (Å²) in [7, 11) is 1.93. The first-order valence-electron chi connectivity index (χ1n) is 6.58. The van der Waals surface area contributed by atoms with E-state index < -0.39 is 0 Å². The predicted molar refractivity (Wildman–Crippen MR) is 81.6 cm³/mol. The van der Waals surface area contributed by atoms with Crippen molar-refractivity contribution in [3.05, 3.63) is 48.5 Å². The third-order valence-electron chi connectivity index (χ3n) is 3.32. The summed E-state index contributed by atoms with van der Waals surface area (Å²) in [5.74, 6) is 0. The molecule has 0 amide bonds. The number of benzene rings is 1. The number of rotatable bonds is 4. The van der Waals surface area contributed by atoms with E-state index in [1.807, 2.05) is 48.4 Å². The van der Waals surface area contributed by atoms with Gasteiger partial charge < -0.3 is 11.1 Å². The Morgan fingerprint density at radius 2 is 2.10 bits per heavy atom. The van der Waals surface area contributed by atoms with Crippen molar-refractivity contribution in [2.24, 2.45) is 7.05 Å². The number of fused-ring (bicyclic) bond motifs is 1. The fourth-order valence-corrected chi connectivity index (χ4v) is 2.29. The molecular weight excluding hydrogens is 250 g/mol. The molecule has 0 aliphatic carbocycles. The minimum absolute atomic E-state index is 0.776. The van der Waals surface area contributed by atoms with Crippen molar-refractivity contribution in [3.8, 4) is 0 Å². The summed E-state index contributed by atoms with van der Waals surface area (Å²) in [6, 6.07) is 7.89. The maximum Gasteiger partial charge on any atom is 0.0642 e. The fourth-order valence-electron chi connectivity index (χ4n) is 2.29. The van der Waals surface area contributed by atoms with Crippen molar-refractivity contribution in [2.75, 3.05) is 17.6 Å². The average Bonchev–Trinajstić information content (AvgIpc) is 2.87. The van der Waals surface area contributed by atoms with Crippen LogP contribution in [0.25, 0.3) is 10.8 Å². The van der Waals surface area contributed by atoms with Crippen LogP contribution in [0.2, 0.25) is 0 Å². The third-order valence-corrected chi connectivity index (χ3v) is 3.32. The van der Waals surface area contributed by atoms with Crippen molar-refractivity contribution in [2.45, 2.75) is 6.42 Å². The highest BCUT2D eigenvalue weighted by Crippen LogP contribution is 2.27. The van der Waals surface area contributed by atoms with E-state index >= 15 is 0 Å². The van der Waals surface area contributed by atoms with Gasteiger partial charge in [0.2, 0.25) is 0 Å². The largest absolute Gasteiger partial charge is 0.398 e. The molecule has 0 aliphatic rings. The zero-order valence-electron chi connectivity index (χ0n) is 11.4. The second-order valence-corrected chi connectivity index (χ2v) is 4.78. The van der Waals surface area contributed by atoms with E-state index in [1.54, 1.807) is 6.20 Å². The molecule has 3 N–H and O–H groups in total. The molecule has 20 heavy (non-hydrogen) atoms. The SMILES string of the molecule is Cn1ccc(CCNc2ccc(N)c3ccncc23)n1. The summed E-state index contributed by atoms with van der Waals surface area (Å²) in [6.07, 6.45) is 6.44. The highest BCUT2D eigenvalue weighted by Gasteiger charge is 2.04. The Labute approximate surface area is 117 Å². The van der Waals surface area contributed by atoms with E-state index in [9.17, 15) is 0 Å². The second kappa shape index (κ2) is 5.21. The number of anilines is 2. The van der Waals surface area contributed by atoms with Gasteiger partial charge in [-0.1, -0.05) is 0 Å². The van der Waals surface area contributed by atoms with Crippen LogP contribution in [0, 0.1) is 0 Å². The number of nitrogen functional groups attached to an aromatic ring is 1. The van der Waals surface area contributed by atoms with Crippen molar-refractivity contribution in [1.82, 2.24) is 14.8 Å². The van der Waals surface area contributed by atoms with E-state index in [1.165, 1.54) is 0 Å². The molecule has 1 aromatic carbocycles. The van der Waals surface area contributed by atoms with E-state index in [0.29, 0.717) is 0 Å². The van der Waals surface area contributed by atoms with Crippen LogP contribution in [0.5, 0.6) is 0 Å². The predicted octanol–water partition coefficient (Wildman–Crippen LogP) is 2.21. The van der Waals surface area contributed by atoms with E-state index in [2.05, 4.69) is 15.4 Å². The van der Waals surface area contributed by atoms with Crippen LogP contribution in [0.1, 0.15) is 5.69 Å². The Balaban J connectivity index is 1.76. The molecule has 0 saturated carbocycles. The molecule has 0 bridgehead atoms. The number of hydrogen-bond acceptors (Lipinski definition) is 4. The lowest BCUT2D eigenvalue weighted by atomic mass is 10.1. The zero-order valence-corrected chi connectivity index (χ0v) is 11.4. The highest BCUT2D eigenvalue weighted by molar-refractivity contribution is 6.00. The standard InChI is InChI=1S/C15H17N5/c1-20-9-6-11(19-20)4-8-18-15-3-2-14(16)12-5-7-17-10-13(12)15/h2-3,5-7,9-10,18H,4,8,16H2,1H3. The van der Waals surface area contributed by atoms with E-state index in [4.69, 9.17) is 5.73 Å². The summed E-state index contributed by atoms with van der Waals surface area (Å²) in [5, 5.41) is 9.87. The first-order chi connectivity index (χ1) is 9.74. The highest BCUT2D eigenvalue weighted by atomic mass is 15.2. The van der Waals surface area contributed by atoms with E-state index in [0.717, 1.165) is 40.8 Å². The minimum atomic E-state index is 0.776. The van der Waals surface area contributed by atoms with Crippen LogP contribution in [0.15, 0.2) is 42.9 Å². The van der Waals surface area contributed by atoms with Gasteiger partial charge in [0.25, 0.3) is 0 Å². The number of hydrogen-bond donors (Lipinski definition) is 2. The van der Waals surface area contributed by atoms with Gasteiger partial charge in [0.1, 0.15) is 0 Å². The Hall–Kier alpha value is -2.56. The van der Waals surface area contributed by atoms with Gasteiger partial charge in [0.15, 0.2) is 0 Å². The molecule has 3 aromatic rings.